The van der Waals surface area contributed by atoms with E-state index in [1.165, 1.54) is 16.4 Å². The monoisotopic (exact) mass is 519 g/mol. The molecule has 0 aromatic heterocycles. The van der Waals surface area contributed by atoms with Crippen molar-refractivity contribution in [2.45, 2.75) is 75.3 Å². The fraction of sp³-hybridized carbons (Fsp3) is 0.467. The first-order chi connectivity index (χ1) is 17.7. The molecule has 196 valence electrons. The molecule has 2 fully saturated rings. The van der Waals surface area contributed by atoms with Crippen molar-refractivity contribution in [3.63, 3.8) is 0 Å². The molecule has 2 saturated heterocycles. The van der Waals surface area contributed by atoms with Gasteiger partial charge in [-0.1, -0.05) is 81.4 Å². The fourth-order valence-electron chi connectivity index (χ4n) is 6.77. The number of methoxy groups -OCH3 is 1. The average Bonchev–Trinajstić information content (AvgIpc) is 3.47. The number of esters is 1. The Morgan fingerprint density at radius 3 is 2.11 bits per heavy atom. The Labute approximate surface area is 220 Å². The minimum absolute atomic E-state index is 0.0776. The third-order valence-corrected chi connectivity index (χ3v) is 13.4. The van der Waals surface area contributed by atoms with Gasteiger partial charge in [-0.3, -0.25) is 4.79 Å². The SMILES string of the molecule is CO[C@@H]1CCC(=O)N2[C@H](CO[Si](c3ccccc3)(c3ccccc3)C(C)(C)C)CC[C@H]2[C@@]12C=CC(=O)O2. The molecular formula is C30H37NO5Si. The van der Waals surface area contributed by atoms with Crippen LogP contribution in [0.3, 0.4) is 0 Å². The second kappa shape index (κ2) is 9.85. The summed E-state index contributed by atoms with van der Waals surface area (Å²) in [7, 11) is -1.11. The number of amides is 1. The summed E-state index contributed by atoms with van der Waals surface area (Å²) in [6.45, 7) is 7.21. The van der Waals surface area contributed by atoms with Gasteiger partial charge in [-0.15, -0.1) is 0 Å². The van der Waals surface area contributed by atoms with Crippen LogP contribution in [0.1, 0.15) is 46.5 Å². The number of benzene rings is 2. The number of carbonyl (C=O) groups is 2. The second-order valence-corrected chi connectivity index (χ2v) is 15.7. The summed E-state index contributed by atoms with van der Waals surface area (Å²) in [6.07, 6.45) is 5.35. The lowest BCUT2D eigenvalue weighted by Crippen LogP contribution is -2.67. The summed E-state index contributed by atoms with van der Waals surface area (Å²) in [6, 6.07) is 20.7. The van der Waals surface area contributed by atoms with Gasteiger partial charge in [0.15, 0.2) is 5.60 Å². The van der Waals surface area contributed by atoms with Gasteiger partial charge >= 0.3 is 5.97 Å². The lowest BCUT2D eigenvalue weighted by Gasteiger charge is -2.45. The van der Waals surface area contributed by atoms with E-state index in [1.54, 1.807) is 7.11 Å². The zero-order valence-corrected chi connectivity index (χ0v) is 23.2. The smallest absolute Gasteiger partial charge is 0.331 e. The van der Waals surface area contributed by atoms with Crippen molar-refractivity contribution < 1.29 is 23.5 Å². The van der Waals surface area contributed by atoms with Gasteiger partial charge in [-0.2, -0.15) is 0 Å². The van der Waals surface area contributed by atoms with E-state index in [-0.39, 0.29) is 35.1 Å². The number of ether oxygens (including phenoxy) is 2. The lowest BCUT2D eigenvalue weighted by atomic mass is 9.86. The second-order valence-electron chi connectivity index (χ2n) is 11.4. The fourth-order valence-corrected chi connectivity index (χ4v) is 11.4. The van der Waals surface area contributed by atoms with Gasteiger partial charge in [0.05, 0.1) is 18.7 Å². The van der Waals surface area contributed by atoms with E-state index in [1.807, 2.05) is 23.1 Å². The Bertz CT molecular complexity index is 1120. The van der Waals surface area contributed by atoms with E-state index in [2.05, 4.69) is 69.3 Å². The number of hydrogen-bond donors (Lipinski definition) is 0. The highest BCUT2D eigenvalue weighted by Gasteiger charge is 2.59. The summed E-state index contributed by atoms with van der Waals surface area (Å²) in [5, 5.41) is 2.28. The van der Waals surface area contributed by atoms with Crippen LogP contribution in [0.5, 0.6) is 0 Å². The van der Waals surface area contributed by atoms with Crippen LogP contribution in [0.25, 0.3) is 0 Å². The molecule has 0 aliphatic carbocycles. The van der Waals surface area contributed by atoms with Crippen molar-refractivity contribution in [2.24, 2.45) is 0 Å². The maximum absolute atomic E-state index is 13.5. The van der Waals surface area contributed by atoms with E-state index < -0.39 is 13.9 Å². The molecule has 3 aliphatic heterocycles. The van der Waals surface area contributed by atoms with Crippen LogP contribution in [0.4, 0.5) is 0 Å². The quantitative estimate of drug-likeness (QED) is 0.431. The van der Waals surface area contributed by atoms with Gasteiger partial charge < -0.3 is 18.8 Å². The van der Waals surface area contributed by atoms with E-state index in [9.17, 15) is 9.59 Å². The molecule has 0 radical (unpaired) electrons. The Morgan fingerprint density at radius 1 is 0.973 bits per heavy atom. The van der Waals surface area contributed by atoms with Crippen LogP contribution in [-0.4, -0.2) is 62.6 Å². The molecule has 0 bridgehead atoms. The molecule has 1 amide bonds. The van der Waals surface area contributed by atoms with E-state index in [0.717, 1.165) is 12.8 Å². The highest BCUT2D eigenvalue weighted by molar-refractivity contribution is 6.99. The summed E-state index contributed by atoms with van der Waals surface area (Å²) >= 11 is 0. The largest absolute Gasteiger partial charge is 0.447 e. The van der Waals surface area contributed by atoms with Gasteiger partial charge in [0.1, 0.15) is 6.10 Å². The molecule has 0 unspecified atom stereocenters. The molecule has 4 atom stereocenters. The average molecular weight is 520 g/mol. The predicted molar refractivity (Wildman–Crippen MR) is 145 cm³/mol. The Morgan fingerprint density at radius 2 is 1.59 bits per heavy atom. The molecule has 37 heavy (non-hydrogen) atoms. The van der Waals surface area contributed by atoms with Crippen LogP contribution < -0.4 is 10.4 Å². The number of hydrogen-bond acceptors (Lipinski definition) is 5. The van der Waals surface area contributed by atoms with Crippen LogP contribution in [0, 0.1) is 0 Å². The normalized spacial score (nSPS) is 27.9. The minimum Gasteiger partial charge on any atom is -0.447 e. The summed E-state index contributed by atoms with van der Waals surface area (Å²) in [4.78, 5) is 27.7. The molecule has 0 N–H and O–H groups in total. The third kappa shape index (κ3) is 4.27. The van der Waals surface area contributed by atoms with Crippen molar-refractivity contribution >= 4 is 30.6 Å². The highest BCUT2D eigenvalue weighted by atomic mass is 28.4. The first-order valence-corrected chi connectivity index (χ1v) is 15.1. The number of nitrogens with zero attached hydrogens (tertiary/aromatic N) is 1. The first kappa shape index (κ1) is 25.9. The molecule has 6 nitrogen and oxygen atoms in total. The third-order valence-electron chi connectivity index (χ3n) is 8.39. The van der Waals surface area contributed by atoms with Gasteiger partial charge in [0, 0.05) is 19.6 Å². The van der Waals surface area contributed by atoms with Crippen molar-refractivity contribution in [2.75, 3.05) is 13.7 Å². The molecule has 1 spiro atoms. The standard InChI is InChI=1S/C30H37NO5Si/c1-29(2,3)37(23-11-7-5-8-12-23,24-13-9-6-10-14-24)35-21-22-15-16-25-30(20-19-28(33)36-30)26(34-4)17-18-27(32)31(22)25/h5-14,19-20,22,25-26H,15-18,21H2,1-4H3/t22-,25-,26+,30-/m0/s1. The molecule has 0 saturated carbocycles. The van der Waals surface area contributed by atoms with Gasteiger partial charge in [-0.25, -0.2) is 4.79 Å². The van der Waals surface area contributed by atoms with Crippen LogP contribution in [-0.2, 0) is 23.5 Å². The van der Waals surface area contributed by atoms with Crippen molar-refractivity contribution in [1.29, 1.82) is 0 Å². The highest BCUT2D eigenvalue weighted by Crippen LogP contribution is 2.45. The maximum Gasteiger partial charge on any atom is 0.331 e. The topological polar surface area (TPSA) is 65.1 Å². The first-order valence-electron chi connectivity index (χ1n) is 13.2. The van der Waals surface area contributed by atoms with Crippen molar-refractivity contribution in [1.82, 2.24) is 4.90 Å². The van der Waals surface area contributed by atoms with Gasteiger partial charge in [-0.05, 0) is 40.8 Å². The zero-order chi connectivity index (χ0) is 26.3. The number of carbonyl (C=O) groups excluding carboxylic acids is 2. The van der Waals surface area contributed by atoms with Crippen LogP contribution >= 0.6 is 0 Å². The number of fused-ring (bicyclic) bond motifs is 2. The summed E-state index contributed by atoms with van der Waals surface area (Å²) in [5.41, 5.74) is -0.940. The summed E-state index contributed by atoms with van der Waals surface area (Å²) in [5.74, 6) is -0.294. The van der Waals surface area contributed by atoms with Crippen LogP contribution in [0.15, 0.2) is 72.8 Å². The van der Waals surface area contributed by atoms with E-state index in [0.29, 0.717) is 19.4 Å². The molecule has 2 aromatic rings. The van der Waals surface area contributed by atoms with Crippen LogP contribution in [0.2, 0.25) is 5.04 Å². The summed E-state index contributed by atoms with van der Waals surface area (Å²) < 4.78 is 18.9. The molecule has 3 heterocycles. The Hall–Kier alpha value is -2.74. The van der Waals surface area contributed by atoms with Gasteiger partial charge in [0.25, 0.3) is 8.32 Å². The molecular weight excluding hydrogens is 482 g/mol. The molecule has 3 aliphatic rings. The lowest BCUT2D eigenvalue weighted by molar-refractivity contribution is -0.167. The molecule has 7 heteroatoms. The van der Waals surface area contributed by atoms with Crippen molar-refractivity contribution in [3.8, 4) is 0 Å². The predicted octanol–water partition coefficient (Wildman–Crippen LogP) is 3.58. The minimum atomic E-state index is -2.74. The Kier molecular flexibility index (Phi) is 6.90. The van der Waals surface area contributed by atoms with E-state index in [4.69, 9.17) is 13.9 Å². The van der Waals surface area contributed by atoms with E-state index >= 15 is 0 Å². The van der Waals surface area contributed by atoms with Crippen molar-refractivity contribution in [3.05, 3.63) is 72.8 Å². The molecule has 2 aromatic carbocycles. The molecule has 5 rings (SSSR count). The maximum atomic E-state index is 13.5. The zero-order valence-electron chi connectivity index (χ0n) is 22.2. The number of rotatable bonds is 6. The van der Waals surface area contributed by atoms with Gasteiger partial charge in [0.2, 0.25) is 5.91 Å². The Balaban J connectivity index is 1.51.